The summed E-state index contributed by atoms with van der Waals surface area (Å²) in [4.78, 5) is 0. The molecule has 0 bridgehead atoms. The van der Waals surface area contributed by atoms with Gasteiger partial charge in [-0.1, -0.05) is 57.3 Å². The minimum atomic E-state index is 1.15. The van der Waals surface area contributed by atoms with Gasteiger partial charge in [-0.05, 0) is 17.3 Å². The maximum atomic E-state index is 2.40. The lowest BCUT2D eigenvalue weighted by Crippen LogP contribution is -1.69. The predicted octanol–water partition coefficient (Wildman–Crippen LogP) is 3.19. The Bertz CT molecular complexity index is 59.5. The van der Waals surface area contributed by atoms with Gasteiger partial charge in [0.1, 0.15) is 0 Å². The zero-order chi connectivity index (χ0) is 6.24. The lowest BCUT2D eigenvalue weighted by Gasteiger charge is -1.84. The summed E-state index contributed by atoms with van der Waals surface area (Å²) in [5.41, 5.74) is 0. The third kappa shape index (κ3) is 7.20. The number of hydrogen-bond donors (Lipinski definition) is 0. The van der Waals surface area contributed by atoms with Crippen LogP contribution in [0.1, 0.15) is 12.8 Å². The highest BCUT2D eigenvalue weighted by atomic mass is 127. The quantitative estimate of drug-likeness (QED) is 0.320. The molecule has 0 heterocycles. The Hall–Kier alpha value is 1.20. The molecule has 0 aromatic carbocycles. The van der Waals surface area contributed by atoms with Gasteiger partial charge in [-0.3, -0.25) is 0 Å². The van der Waals surface area contributed by atoms with E-state index in [1.807, 2.05) is 0 Å². The van der Waals surface area contributed by atoms with Crippen LogP contribution < -0.4 is 0 Å². The molecule has 0 spiro atoms. The van der Waals surface area contributed by atoms with Gasteiger partial charge in [0.25, 0.3) is 0 Å². The van der Waals surface area contributed by atoms with Gasteiger partial charge in [0.15, 0.2) is 0 Å². The monoisotopic (exact) mass is 336 g/mol. The summed E-state index contributed by atoms with van der Waals surface area (Å²) >= 11 is 4.75. The molecule has 0 aliphatic carbocycles. The molecule has 0 saturated carbocycles. The molecule has 0 nitrogen and oxygen atoms in total. The van der Waals surface area contributed by atoms with E-state index in [1.54, 1.807) is 0 Å². The second-order valence-electron chi connectivity index (χ2n) is 1.46. The molecule has 0 radical (unpaired) electrons. The third-order valence-electron chi connectivity index (χ3n) is 0.760. The number of hydrogen-bond acceptors (Lipinski definition) is 0. The van der Waals surface area contributed by atoms with Gasteiger partial charge in [0.05, 0.1) is 0 Å². The lowest BCUT2D eigenvalue weighted by molar-refractivity contribution is 0.985. The second kappa shape index (κ2) is 8.20. The van der Waals surface area contributed by atoms with Crippen molar-refractivity contribution in [2.75, 3.05) is 8.86 Å². The first-order valence-electron chi connectivity index (χ1n) is 2.68. The summed E-state index contributed by atoms with van der Waals surface area (Å²) in [6.45, 7) is 0. The molecule has 48 valence electrons. The summed E-state index contributed by atoms with van der Waals surface area (Å²) in [6, 6.07) is 0. The Morgan fingerprint density at radius 3 is 2.38 bits per heavy atom. The fourth-order valence-corrected chi connectivity index (χ4v) is 1.18. The molecule has 0 unspecified atom stereocenters. The van der Waals surface area contributed by atoms with Gasteiger partial charge in [0, 0.05) is 4.43 Å². The van der Waals surface area contributed by atoms with Crippen molar-refractivity contribution in [3.05, 3.63) is 12.2 Å². The first-order chi connectivity index (χ1) is 3.91. The Balaban J connectivity index is 2.80. The molecule has 0 aliphatic rings. The molecule has 0 fully saturated rings. The number of unbranched alkanes of at least 4 members (excludes halogenated alkanes) is 1. The summed E-state index contributed by atoms with van der Waals surface area (Å²) < 4.78 is 2.43. The molecule has 0 atom stereocenters. The molecule has 0 aromatic heterocycles. The largest absolute Gasteiger partial charge is 0.0877 e. The Morgan fingerprint density at radius 1 is 1.12 bits per heavy atom. The van der Waals surface area contributed by atoms with Crippen molar-refractivity contribution in [1.29, 1.82) is 0 Å². The van der Waals surface area contributed by atoms with Crippen molar-refractivity contribution in [1.82, 2.24) is 0 Å². The van der Waals surface area contributed by atoms with E-state index in [-0.39, 0.29) is 0 Å². The zero-order valence-corrected chi connectivity index (χ0v) is 9.05. The van der Waals surface area contributed by atoms with E-state index in [0.29, 0.717) is 0 Å². The van der Waals surface area contributed by atoms with Gasteiger partial charge in [0.2, 0.25) is 0 Å². The van der Waals surface area contributed by atoms with Crippen molar-refractivity contribution in [2.45, 2.75) is 12.8 Å². The first-order valence-corrected chi connectivity index (χ1v) is 5.74. The van der Waals surface area contributed by atoms with Crippen LogP contribution in [0.5, 0.6) is 0 Å². The average Bonchev–Trinajstić information content (AvgIpc) is 1.81. The average molecular weight is 336 g/mol. The van der Waals surface area contributed by atoms with Crippen LogP contribution in [0.15, 0.2) is 12.2 Å². The Morgan fingerprint density at radius 2 is 1.88 bits per heavy atom. The molecular weight excluding hydrogens is 326 g/mol. The van der Waals surface area contributed by atoms with Crippen LogP contribution >= 0.6 is 45.2 Å². The van der Waals surface area contributed by atoms with Crippen LogP contribution in [0.4, 0.5) is 0 Å². The molecule has 8 heavy (non-hydrogen) atoms. The lowest BCUT2D eigenvalue weighted by atomic mass is 10.3. The van der Waals surface area contributed by atoms with Gasteiger partial charge in [-0.2, -0.15) is 0 Å². The maximum absolute atomic E-state index is 2.40. The van der Waals surface area contributed by atoms with Gasteiger partial charge in [-0.15, -0.1) is 0 Å². The SMILES string of the molecule is ICC=CCCCI. The van der Waals surface area contributed by atoms with E-state index in [4.69, 9.17) is 0 Å². The Labute approximate surface area is 78.4 Å². The highest BCUT2D eigenvalue weighted by Gasteiger charge is 1.76. The molecule has 0 aromatic rings. The number of rotatable bonds is 4. The van der Waals surface area contributed by atoms with E-state index in [1.165, 1.54) is 17.3 Å². The zero-order valence-electron chi connectivity index (χ0n) is 4.74. The summed E-state index contributed by atoms with van der Waals surface area (Å²) in [7, 11) is 0. The fraction of sp³-hybridized carbons (Fsp3) is 0.667. The number of halogens is 2. The molecule has 0 aliphatic heterocycles. The second-order valence-corrected chi connectivity index (χ2v) is 3.42. The third-order valence-corrected chi connectivity index (χ3v) is 2.03. The summed E-state index contributed by atoms with van der Waals surface area (Å²) in [5, 5.41) is 0. The Kier molecular flexibility index (Phi) is 9.43. The molecule has 0 saturated heterocycles. The van der Waals surface area contributed by atoms with Crippen LogP contribution in [0, 0.1) is 0 Å². The molecule has 0 amide bonds. The molecule has 0 N–H and O–H groups in total. The van der Waals surface area contributed by atoms with E-state index < -0.39 is 0 Å². The van der Waals surface area contributed by atoms with Crippen LogP contribution in [-0.4, -0.2) is 8.86 Å². The highest BCUT2D eigenvalue weighted by molar-refractivity contribution is 14.1. The van der Waals surface area contributed by atoms with E-state index in [2.05, 4.69) is 57.3 Å². The highest BCUT2D eigenvalue weighted by Crippen LogP contribution is 1.95. The minimum absolute atomic E-state index is 1.15. The van der Waals surface area contributed by atoms with Crippen molar-refractivity contribution < 1.29 is 0 Å². The van der Waals surface area contributed by atoms with Crippen LogP contribution in [0.3, 0.4) is 0 Å². The number of alkyl halides is 2. The van der Waals surface area contributed by atoms with Crippen molar-refractivity contribution in [3.63, 3.8) is 0 Å². The fourth-order valence-electron chi connectivity index (χ4n) is 0.376. The summed E-state index contributed by atoms with van der Waals surface area (Å²) in [5.74, 6) is 0. The first kappa shape index (κ1) is 9.20. The van der Waals surface area contributed by atoms with Crippen LogP contribution in [0.2, 0.25) is 0 Å². The van der Waals surface area contributed by atoms with Gasteiger partial charge < -0.3 is 0 Å². The summed E-state index contributed by atoms with van der Waals surface area (Å²) in [6.07, 6.45) is 7.05. The normalized spacial score (nSPS) is 10.8. The maximum Gasteiger partial charge on any atom is 0.0175 e. The minimum Gasteiger partial charge on any atom is -0.0877 e. The van der Waals surface area contributed by atoms with Crippen LogP contribution in [0.25, 0.3) is 0 Å². The van der Waals surface area contributed by atoms with E-state index >= 15 is 0 Å². The smallest absolute Gasteiger partial charge is 0.0175 e. The predicted molar refractivity (Wildman–Crippen MR) is 56.1 cm³/mol. The van der Waals surface area contributed by atoms with Crippen molar-refractivity contribution in [3.8, 4) is 0 Å². The van der Waals surface area contributed by atoms with Crippen LogP contribution in [-0.2, 0) is 0 Å². The molecule has 0 rings (SSSR count). The van der Waals surface area contributed by atoms with Crippen molar-refractivity contribution >= 4 is 45.2 Å². The van der Waals surface area contributed by atoms with Gasteiger partial charge in [-0.25, -0.2) is 0 Å². The van der Waals surface area contributed by atoms with E-state index in [0.717, 1.165) is 4.43 Å². The number of allylic oxidation sites excluding steroid dienone is 2. The standard InChI is InChI=1S/C6H10I2/c7-5-3-1-2-4-6-8/h1,3H,2,4-6H2. The van der Waals surface area contributed by atoms with Crippen molar-refractivity contribution in [2.24, 2.45) is 0 Å². The molecular formula is C6H10I2. The van der Waals surface area contributed by atoms with E-state index in [9.17, 15) is 0 Å². The topological polar surface area (TPSA) is 0 Å². The molecule has 2 heteroatoms. The van der Waals surface area contributed by atoms with Gasteiger partial charge >= 0.3 is 0 Å².